The SMILES string of the molecule is CN1CCOC(CNCC2(CO)CCCC2)C1. The van der Waals surface area contributed by atoms with Gasteiger partial charge < -0.3 is 20.1 Å². The third kappa shape index (κ3) is 3.65. The lowest BCUT2D eigenvalue weighted by Gasteiger charge is -2.32. The molecule has 1 unspecified atom stereocenters. The van der Waals surface area contributed by atoms with Gasteiger partial charge in [0, 0.05) is 38.2 Å². The normalized spacial score (nSPS) is 29.6. The number of nitrogens with one attached hydrogen (secondary N) is 1. The summed E-state index contributed by atoms with van der Waals surface area (Å²) in [5.74, 6) is 0. The van der Waals surface area contributed by atoms with E-state index in [-0.39, 0.29) is 5.41 Å². The van der Waals surface area contributed by atoms with E-state index in [2.05, 4.69) is 17.3 Å². The lowest BCUT2D eigenvalue weighted by Crippen LogP contribution is -2.46. The van der Waals surface area contributed by atoms with Crippen LogP contribution in [0.1, 0.15) is 25.7 Å². The summed E-state index contributed by atoms with van der Waals surface area (Å²) in [5, 5.41) is 13.0. The van der Waals surface area contributed by atoms with E-state index >= 15 is 0 Å². The summed E-state index contributed by atoms with van der Waals surface area (Å²) in [5.41, 5.74) is 0.153. The summed E-state index contributed by atoms with van der Waals surface area (Å²) >= 11 is 0. The number of likely N-dealkylation sites (N-methyl/N-ethyl adjacent to an activating group) is 1. The maximum Gasteiger partial charge on any atom is 0.0826 e. The maximum atomic E-state index is 9.52. The molecule has 0 aromatic carbocycles. The molecular weight excluding hydrogens is 216 g/mol. The van der Waals surface area contributed by atoms with Crippen LogP contribution in [0.5, 0.6) is 0 Å². The van der Waals surface area contributed by atoms with E-state index in [0.717, 1.165) is 32.8 Å². The largest absolute Gasteiger partial charge is 0.396 e. The summed E-state index contributed by atoms with van der Waals surface area (Å²) in [4.78, 5) is 2.31. The van der Waals surface area contributed by atoms with Crippen molar-refractivity contribution in [2.45, 2.75) is 31.8 Å². The molecule has 0 spiro atoms. The van der Waals surface area contributed by atoms with E-state index in [1.54, 1.807) is 0 Å². The highest BCUT2D eigenvalue weighted by molar-refractivity contribution is 4.86. The monoisotopic (exact) mass is 242 g/mol. The van der Waals surface area contributed by atoms with E-state index in [4.69, 9.17) is 4.74 Å². The number of hydrogen-bond acceptors (Lipinski definition) is 4. The molecule has 17 heavy (non-hydrogen) atoms. The highest BCUT2D eigenvalue weighted by Crippen LogP contribution is 2.36. The molecular formula is C13H26N2O2. The minimum Gasteiger partial charge on any atom is -0.396 e. The minimum atomic E-state index is 0.153. The second-order valence-corrected chi connectivity index (χ2v) is 5.75. The first kappa shape index (κ1) is 13.3. The second-order valence-electron chi connectivity index (χ2n) is 5.75. The first-order chi connectivity index (χ1) is 8.24. The minimum absolute atomic E-state index is 0.153. The molecule has 0 aromatic heterocycles. The quantitative estimate of drug-likeness (QED) is 0.735. The molecule has 1 saturated heterocycles. The van der Waals surface area contributed by atoms with Gasteiger partial charge in [-0.3, -0.25) is 0 Å². The maximum absolute atomic E-state index is 9.52. The van der Waals surface area contributed by atoms with Gasteiger partial charge in [-0.1, -0.05) is 12.8 Å². The fourth-order valence-corrected chi connectivity index (χ4v) is 3.00. The third-order valence-electron chi connectivity index (χ3n) is 4.21. The summed E-state index contributed by atoms with van der Waals surface area (Å²) < 4.78 is 5.71. The van der Waals surface area contributed by atoms with Gasteiger partial charge in [-0.15, -0.1) is 0 Å². The first-order valence-electron chi connectivity index (χ1n) is 6.86. The summed E-state index contributed by atoms with van der Waals surface area (Å²) in [6, 6.07) is 0. The number of rotatable bonds is 5. The first-order valence-corrected chi connectivity index (χ1v) is 6.86. The highest BCUT2D eigenvalue weighted by Gasteiger charge is 2.32. The Morgan fingerprint density at radius 1 is 1.41 bits per heavy atom. The smallest absolute Gasteiger partial charge is 0.0826 e. The van der Waals surface area contributed by atoms with Crippen molar-refractivity contribution in [1.82, 2.24) is 10.2 Å². The molecule has 1 heterocycles. The van der Waals surface area contributed by atoms with Crippen molar-refractivity contribution in [1.29, 1.82) is 0 Å². The van der Waals surface area contributed by atoms with Crippen LogP contribution in [0.2, 0.25) is 0 Å². The van der Waals surface area contributed by atoms with Gasteiger partial charge in [-0.2, -0.15) is 0 Å². The number of aliphatic hydroxyl groups is 1. The molecule has 2 aliphatic rings. The van der Waals surface area contributed by atoms with Gasteiger partial charge in [-0.05, 0) is 19.9 Å². The Kier molecular flexibility index (Phi) is 4.79. The number of ether oxygens (including phenoxy) is 1. The molecule has 0 amide bonds. The molecule has 1 saturated carbocycles. The predicted molar refractivity (Wildman–Crippen MR) is 68.1 cm³/mol. The van der Waals surface area contributed by atoms with Crippen LogP contribution in [0.3, 0.4) is 0 Å². The van der Waals surface area contributed by atoms with Crippen LogP contribution in [-0.4, -0.2) is 62.6 Å². The molecule has 4 nitrogen and oxygen atoms in total. The van der Waals surface area contributed by atoms with Gasteiger partial charge in [0.15, 0.2) is 0 Å². The number of nitrogens with zero attached hydrogens (tertiary/aromatic N) is 1. The Labute approximate surface area is 104 Å². The topological polar surface area (TPSA) is 44.7 Å². The predicted octanol–water partition coefficient (Wildman–Crippen LogP) is 0.459. The van der Waals surface area contributed by atoms with Crippen LogP contribution in [0, 0.1) is 5.41 Å². The molecule has 2 N–H and O–H groups in total. The zero-order chi connectivity index (χ0) is 12.1. The number of morpholine rings is 1. The number of hydrogen-bond donors (Lipinski definition) is 2. The van der Waals surface area contributed by atoms with E-state index in [1.165, 1.54) is 25.7 Å². The average Bonchev–Trinajstić information content (AvgIpc) is 2.79. The van der Waals surface area contributed by atoms with Gasteiger partial charge in [0.05, 0.1) is 12.7 Å². The standard InChI is InChI=1S/C13H26N2O2/c1-15-6-7-17-12(9-15)8-14-10-13(11-16)4-2-3-5-13/h12,14,16H,2-11H2,1H3. The van der Waals surface area contributed by atoms with Crippen molar-refractivity contribution in [3.05, 3.63) is 0 Å². The van der Waals surface area contributed by atoms with Gasteiger partial charge in [0.1, 0.15) is 0 Å². The van der Waals surface area contributed by atoms with Crippen molar-refractivity contribution in [3.63, 3.8) is 0 Å². The van der Waals surface area contributed by atoms with Gasteiger partial charge >= 0.3 is 0 Å². The molecule has 0 radical (unpaired) electrons. The molecule has 2 fully saturated rings. The molecule has 1 aliphatic heterocycles. The van der Waals surface area contributed by atoms with Crippen LogP contribution in [0.4, 0.5) is 0 Å². The molecule has 100 valence electrons. The Balaban J connectivity index is 1.67. The summed E-state index contributed by atoms with van der Waals surface area (Å²) in [7, 11) is 2.14. The van der Waals surface area contributed by atoms with Crippen molar-refractivity contribution in [2.75, 3.05) is 46.4 Å². The molecule has 2 rings (SSSR count). The summed E-state index contributed by atoms with van der Waals surface area (Å²) in [6.45, 7) is 5.06. The van der Waals surface area contributed by atoms with Crippen molar-refractivity contribution < 1.29 is 9.84 Å². The van der Waals surface area contributed by atoms with Crippen molar-refractivity contribution >= 4 is 0 Å². The van der Waals surface area contributed by atoms with Crippen molar-refractivity contribution in [2.24, 2.45) is 5.41 Å². The lowest BCUT2D eigenvalue weighted by molar-refractivity contribution is -0.0198. The van der Waals surface area contributed by atoms with Gasteiger partial charge in [0.2, 0.25) is 0 Å². The molecule has 0 aromatic rings. The van der Waals surface area contributed by atoms with Crippen LogP contribution in [0.25, 0.3) is 0 Å². The Hall–Kier alpha value is -0.160. The Morgan fingerprint density at radius 2 is 2.18 bits per heavy atom. The third-order valence-corrected chi connectivity index (χ3v) is 4.21. The second kappa shape index (κ2) is 6.14. The van der Waals surface area contributed by atoms with E-state index in [1.807, 2.05) is 0 Å². The van der Waals surface area contributed by atoms with E-state index < -0.39 is 0 Å². The molecule has 0 bridgehead atoms. The Bertz CT molecular complexity index is 229. The lowest BCUT2D eigenvalue weighted by atomic mass is 9.87. The fourth-order valence-electron chi connectivity index (χ4n) is 3.00. The summed E-state index contributed by atoms with van der Waals surface area (Å²) in [6.07, 6.45) is 5.19. The van der Waals surface area contributed by atoms with Gasteiger partial charge in [0.25, 0.3) is 0 Å². The fraction of sp³-hybridized carbons (Fsp3) is 1.00. The van der Waals surface area contributed by atoms with E-state index in [0.29, 0.717) is 12.7 Å². The Morgan fingerprint density at radius 3 is 2.82 bits per heavy atom. The van der Waals surface area contributed by atoms with Crippen LogP contribution in [-0.2, 0) is 4.74 Å². The number of aliphatic hydroxyl groups excluding tert-OH is 1. The van der Waals surface area contributed by atoms with Crippen LogP contribution in [0.15, 0.2) is 0 Å². The van der Waals surface area contributed by atoms with Crippen LogP contribution < -0.4 is 5.32 Å². The molecule has 1 atom stereocenters. The average molecular weight is 242 g/mol. The van der Waals surface area contributed by atoms with Crippen molar-refractivity contribution in [3.8, 4) is 0 Å². The molecule has 1 aliphatic carbocycles. The van der Waals surface area contributed by atoms with Gasteiger partial charge in [-0.25, -0.2) is 0 Å². The highest BCUT2D eigenvalue weighted by atomic mass is 16.5. The van der Waals surface area contributed by atoms with E-state index in [9.17, 15) is 5.11 Å². The zero-order valence-corrected chi connectivity index (χ0v) is 11.0. The zero-order valence-electron chi connectivity index (χ0n) is 11.0. The molecule has 4 heteroatoms. The van der Waals surface area contributed by atoms with Crippen LogP contribution >= 0.6 is 0 Å².